The number of hydroxylamine groups is 2. The molecule has 0 aliphatic heterocycles. The van der Waals surface area contributed by atoms with Gasteiger partial charge in [0.25, 0.3) is 11.8 Å². The Morgan fingerprint density at radius 3 is 2.37 bits per heavy atom. The molecule has 3 N–H and O–H groups in total. The Labute approximate surface area is 176 Å². The van der Waals surface area contributed by atoms with Gasteiger partial charge in [-0.25, -0.2) is 4.79 Å². The molecule has 0 unspecified atom stereocenters. The SMILES string of the molecule is CC(C)CC[C@@H](O)C(=O)N(O)C(=O)N[C@H](c1noc(-c2ccccc2)n1)C(C)(C)C. The molecule has 0 aliphatic rings. The van der Waals surface area contributed by atoms with Crippen LogP contribution in [-0.2, 0) is 4.79 Å². The monoisotopic (exact) mass is 418 g/mol. The van der Waals surface area contributed by atoms with Crippen molar-refractivity contribution in [3.63, 3.8) is 0 Å². The van der Waals surface area contributed by atoms with Gasteiger partial charge in [-0.05, 0) is 36.3 Å². The molecule has 0 saturated carbocycles. The number of rotatable bonds is 7. The van der Waals surface area contributed by atoms with Gasteiger partial charge in [0, 0.05) is 5.56 Å². The van der Waals surface area contributed by atoms with Gasteiger partial charge in [0.15, 0.2) is 5.82 Å². The fourth-order valence-corrected chi connectivity index (χ4v) is 2.76. The zero-order valence-electron chi connectivity index (χ0n) is 18.0. The van der Waals surface area contributed by atoms with Gasteiger partial charge >= 0.3 is 6.03 Å². The Morgan fingerprint density at radius 1 is 1.17 bits per heavy atom. The molecule has 1 aromatic carbocycles. The minimum atomic E-state index is -1.47. The number of carbonyl (C=O) groups excluding carboxylic acids is 2. The number of aliphatic hydroxyl groups excluding tert-OH is 1. The maximum atomic E-state index is 12.5. The van der Waals surface area contributed by atoms with Crippen LogP contribution in [0.4, 0.5) is 4.79 Å². The first-order valence-corrected chi connectivity index (χ1v) is 9.91. The number of nitrogens with zero attached hydrogens (tertiary/aromatic N) is 3. The van der Waals surface area contributed by atoms with Crippen molar-refractivity contribution >= 4 is 11.9 Å². The highest BCUT2D eigenvalue weighted by Gasteiger charge is 2.35. The summed E-state index contributed by atoms with van der Waals surface area (Å²) in [4.78, 5) is 29.0. The van der Waals surface area contributed by atoms with E-state index in [9.17, 15) is 19.9 Å². The van der Waals surface area contributed by atoms with Crippen LogP contribution in [0.5, 0.6) is 0 Å². The van der Waals surface area contributed by atoms with E-state index >= 15 is 0 Å². The van der Waals surface area contributed by atoms with Gasteiger partial charge in [0.1, 0.15) is 6.10 Å². The van der Waals surface area contributed by atoms with Crippen molar-refractivity contribution in [1.82, 2.24) is 20.5 Å². The molecular formula is C21H30N4O5. The van der Waals surface area contributed by atoms with Gasteiger partial charge in [0.05, 0.1) is 6.04 Å². The molecule has 164 valence electrons. The summed E-state index contributed by atoms with van der Waals surface area (Å²) in [6.45, 7) is 9.43. The number of nitrogens with one attached hydrogen (secondary N) is 1. The number of aliphatic hydroxyl groups is 1. The summed E-state index contributed by atoms with van der Waals surface area (Å²) >= 11 is 0. The summed E-state index contributed by atoms with van der Waals surface area (Å²) in [6, 6.07) is 7.32. The van der Waals surface area contributed by atoms with Crippen molar-refractivity contribution < 1.29 is 24.4 Å². The molecule has 3 amide bonds. The van der Waals surface area contributed by atoms with Gasteiger partial charge in [-0.15, -0.1) is 5.06 Å². The summed E-state index contributed by atoms with van der Waals surface area (Å²) in [5.74, 6) is -0.319. The summed E-state index contributed by atoms with van der Waals surface area (Å²) in [6.07, 6.45) is -0.737. The first-order chi connectivity index (χ1) is 14.0. The lowest BCUT2D eigenvalue weighted by Crippen LogP contribution is -2.49. The largest absolute Gasteiger partial charge is 0.383 e. The summed E-state index contributed by atoms with van der Waals surface area (Å²) in [5, 5.41) is 26.4. The molecule has 1 aromatic heterocycles. The molecule has 30 heavy (non-hydrogen) atoms. The third kappa shape index (κ3) is 6.11. The molecular weight excluding hydrogens is 388 g/mol. The molecule has 0 bridgehead atoms. The Balaban J connectivity index is 2.14. The molecule has 0 radical (unpaired) electrons. The van der Waals surface area contributed by atoms with Crippen molar-refractivity contribution in [3.05, 3.63) is 36.2 Å². The van der Waals surface area contributed by atoms with Crippen molar-refractivity contribution in [3.8, 4) is 11.5 Å². The Hall–Kier alpha value is -2.78. The smallest absolute Gasteiger partial charge is 0.349 e. The van der Waals surface area contributed by atoms with Gasteiger partial charge in [-0.3, -0.25) is 10.0 Å². The van der Waals surface area contributed by atoms with Crippen LogP contribution in [0.2, 0.25) is 0 Å². The zero-order chi connectivity index (χ0) is 22.5. The standard InChI is InChI=1S/C21H30N4O5/c1-13(2)11-12-15(26)19(27)25(29)20(28)22-16(21(3,4)5)17-23-18(30-24-17)14-9-7-6-8-10-14/h6-10,13,15-16,26,29H,11-12H2,1-5H3,(H,22,28)/t15-,16-/m1/s1. The highest BCUT2D eigenvalue weighted by Crippen LogP contribution is 2.32. The number of hydrogen-bond acceptors (Lipinski definition) is 7. The molecule has 9 heteroatoms. The van der Waals surface area contributed by atoms with Crippen LogP contribution in [-0.4, -0.2) is 43.6 Å². The van der Waals surface area contributed by atoms with Crippen molar-refractivity contribution in [2.45, 2.75) is 59.6 Å². The summed E-state index contributed by atoms with van der Waals surface area (Å²) in [7, 11) is 0. The van der Waals surface area contributed by atoms with E-state index in [-0.39, 0.29) is 29.1 Å². The quantitative estimate of drug-likeness (QED) is 0.463. The Morgan fingerprint density at radius 2 is 1.80 bits per heavy atom. The number of amides is 3. The maximum Gasteiger partial charge on any atom is 0.349 e. The molecule has 1 heterocycles. The van der Waals surface area contributed by atoms with Gasteiger partial charge < -0.3 is 14.9 Å². The lowest BCUT2D eigenvalue weighted by molar-refractivity contribution is -0.162. The number of carbonyl (C=O) groups is 2. The van der Waals surface area contributed by atoms with E-state index in [0.29, 0.717) is 6.42 Å². The van der Waals surface area contributed by atoms with Crippen molar-refractivity contribution in [1.29, 1.82) is 0 Å². The van der Waals surface area contributed by atoms with Crippen LogP contribution in [0.15, 0.2) is 34.9 Å². The number of benzene rings is 1. The third-order valence-electron chi connectivity index (χ3n) is 4.56. The van der Waals surface area contributed by atoms with Crippen LogP contribution in [0.3, 0.4) is 0 Å². The fraction of sp³-hybridized carbons (Fsp3) is 0.524. The van der Waals surface area contributed by atoms with E-state index in [1.165, 1.54) is 0 Å². The van der Waals surface area contributed by atoms with E-state index in [2.05, 4.69) is 15.5 Å². The average molecular weight is 418 g/mol. The molecule has 2 atom stereocenters. The topological polar surface area (TPSA) is 129 Å². The van der Waals surface area contributed by atoms with Crippen LogP contribution in [0.1, 0.15) is 59.3 Å². The summed E-state index contributed by atoms with van der Waals surface area (Å²) in [5.41, 5.74) is 0.163. The predicted octanol–water partition coefficient (Wildman–Crippen LogP) is 3.55. The molecule has 2 rings (SSSR count). The second-order valence-corrected chi connectivity index (χ2v) is 8.71. The predicted molar refractivity (Wildman–Crippen MR) is 109 cm³/mol. The van der Waals surface area contributed by atoms with E-state index in [1.807, 2.05) is 65.0 Å². The van der Waals surface area contributed by atoms with Crippen LogP contribution in [0.25, 0.3) is 11.5 Å². The minimum Gasteiger partial charge on any atom is -0.383 e. The lowest BCUT2D eigenvalue weighted by Gasteiger charge is -2.30. The molecule has 2 aromatic rings. The van der Waals surface area contributed by atoms with Crippen molar-refractivity contribution in [2.75, 3.05) is 0 Å². The molecule has 0 fully saturated rings. The van der Waals surface area contributed by atoms with E-state index in [4.69, 9.17) is 4.52 Å². The lowest BCUT2D eigenvalue weighted by atomic mass is 9.86. The Bertz CT molecular complexity index is 845. The number of urea groups is 1. The van der Waals surface area contributed by atoms with E-state index < -0.39 is 29.5 Å². The average Bonchev–Trinajstić information content (AvgIpc) is 3.18. The maximum absolute atomic E-state index is 12.5. The normalized spacial score (nSPS) is 13.7. The molecule has 0 saturated heterocycles. The Kier molecular flexibility index (Phi) is 7.69. The third-order valence-corrected chi connectivity index (χ3v) is 4.56. The van der Waals surface area contributed by atoms with Gasteiger partial charge in [-0.1, -0.05) is 58.0 Å². The van der Waals surface area contributed by atoms with Crippen molar-refractivity contribution in [2.24, 2.45) is 11.3 Å². The minimum absolute atomic E-state index is 0.0953. The first-order valence-electron chi connectivity index (χ1n) is 9.91. The van der Waals surface area contributed by atoms with Crippen LogP contribution < -0.4 is 5.32 Å². The highest BCUT2D eigenvalue weighted by molar-refractivity contribution is 5.95. The second kappa shape index (κ2) is 9.82. The number of hydrogen-bond donors (Lipinski definition) is 3. The van der Waals surface area contributed by atoms with E-state index in [1.54, 1.807) is 0 Å². The van der Waals surface area contributed by atoms with Crippen LogP contribution in [0, 0.1) is 11.3 Å². The van der Waals surface area contributed by atoms with Gasteiger partial charge in [-0.2, -0.15) is 4.98 Å². The highest BCUT2D eigenvalue weighted by atomic mass is 16.5. The molecule has 0 aliphatic carbocycles. The second-order valence-electron chi connectivity index (χ2n) is 8.71. The van der Waals surface area contributed by atoms with Crippen LogP contribution >= 0.6 is 0 Å². The molecule has 9 nitrogen and oxygen atoms in total. The fourth-order valence-electron chi connectivity index (χ4n) is 2.76. The zero-order valence-corrected chi connectivity index (χ0v) is 18.0. The number of imide groups is 1. The molecule has 0 spiro atoms. The van der Waals surface area contributed by atoms with E-state index in [0.717, 1.165) is 5.56 Å². The summed E-state index contributed by atoms with van der Waals surface area (Å²) < 4.78 is 5.31. The van der Waals surface area contributed by atoms with Gasteiger partial charge in [0.2, 0.25) is 0 Å². The number of aromatic nitrogens is 2. The first kappa shape index (κ1) is 23.5.